The van der Waals surface area contributed by atoms with Crippen LogP contribution < -0.4 is 10.1 Å². The van der Waals surface area contributed by atoms with Crippen molar-refractivity contribution in [3.8, 4) is 5.75 Å². The maximum atomic E-state index is 14.4. The molecule has 0 aliphatic carbocycles. The smallest absolute Gasteiger partial charge is 0.393 e. The second-order valence-electron chi connectivity index (χ2n) is 9.43. The highest BCUT2D eigenvalue weighted by Gasteiger charge is 2.31. The van der Waals surface area contributed by atoms with Crippen LogP contribution in [0.3, 0.4) is 0 Å². The van der Waals surface area contributed by atoms with Gasteiger partial charge in [-0.2, -0.15) is 22.7 Å². The highest BCUT2D eigenvalue weighted by molar-refractivity contribution is 6.00. The number of fused-ring (bicyclic) bond motifs is 1. The predicted octanol–water partition coefficient (Wildman–Crippen LogP) is 7.51. The van der Waals surface area contributed by atoms with Crippen molar-refractivity contribution in [1.29, 1.82) is 0 Å². The SMILES string of the molecule is CCC(=O)/C=C/CNCCCOc1ccc(/C(=C(/CC(F)(F)F)c2ccccc2)c2ccc3n[nH]c(F)c3c2)cc1. The first-order chi connectivity index (χ1) is 19.7. The Bertz CT molecular complexity index is 1510. The third kappa shape index (κ3) is 8.38. The lowest BCUT2D eigenvalue weighted by atomic mass is 9.87. The molecule has 0 atom stereocenters. The number of carbonyl (C=O) groups excluding carboxylic acids is 1. The van der Waals surface area contributed by atoms with Crippen molar-refractivity contribution in [2.24, 2.45) is 0 Å². The van der Waals surface area contributed by atoms with Crippen LogP contribution in [0.2, 0.25) is 0 Å². The van der Waals surface area contributed by atoms with Crippen LogP contribution in [0.25, 0.3) is 22.0 Å². The predicted molar refractivity (Wildman–Crippen MR) is 153 cm³/mol. The first-order valence-corrected chi connectivity index (χ1v) is 13.4. The number of ketones is 1. The molecule has 9 heteroatoms. The van der Waals surface area contributed by atoms with Gasteiger partial charge in [-0.05, 0) is 71.1 Å². The largest absolute Gasteiger partial charge is 0.494 e. The fourth-order valence-electron chi connectivity index (χ4n) is 4.42. The van der Waals surface area contributed by atoms with Crippen LogP contribution in [-0.2, 0) is 4.79 Å². The van der Waals surface area contributed by atoms with Gasteiger partial charge in [0.15, 0.2) is 5.78 Å². The lowest BCUT2D eigenvalue weighted by Gasteiger charge is -2.19. The van der Waals surface area contributed by atoms with E-state index in [2.05, 4.69) is 15.5 Å². The van der Waals surface area contributed by atoms with E-state index in [-0.39, 0.29) is 16.7 Å². The molecule has 0 aliphatic rings. The molecule has 41 heavy (non-hydrogen) atoms. The highest BCUT2D eigenvalue weighted by Crippen LogP contribution is 2.40. The molecule has 0 saturated heterocycles. The molecular formula is C32H31F4N3O2. The number of ether oxygens (including phenoxy) is 1. The number of allylic oxidation sites excluding steroid dienone is 2. The molecule has 0 unspecified atom stereocenters. The fourth-order valence-corrected chi connectivity index (χ4v) is 4.42. The van der Waals surface area contributed by atoms with Gasteiger partial charge in [-0.25, -0.2) is 0 Å². The Hall–Kier alpha value is -4.24. The Kier molecular flexibility index (Phi) is 10.1. The van der Waals surface area contributed by atoms with Gasteiger partial charge in [0.05, 0.1) is 23.9 Å². The lowest BCUT2D eigenvalue weighted by Crippen LogP contribution is -2.17. The van der Waals surface area contributed by atoms with E-state index in [9.17, 15) is 22.4 Å². The summed E-state index contributed by atoms with van der Waals surface area (Å²) in [5.41, 5.74) is 2.21. The maximum Gasteiger partial charge on any atom is 0.393 e. The number of aromatic amines is 1. The van der Waals surface area contributed by atoms with Crippen molar-refractivity contribution in [2.45, 2.75) is 32.4 Å². The summed E-state index contributed by atoms with van der Waals surface area (Å²) in [6.07, 6.45) is -1.07. The van der Waals surface area contributed by atoms with Crippen molar-refractivity contribution in [3.05, 3.63) is 108 Å². The second-order valence-corrected chi connectivity index (χ2v) is 9.43. The normalized spacial score (nSPS) is 12.6. The Balaban J connectivity index is 1.59. The molecule has 4 aromatic rings. The van der Waals surface area contributed by atoms with E-state index in [1.807, 2.05) is 6.92 Å². The molecule has 4 rings (SSSR count). The Labute approximate surface area is 235 Å². The van der Waals surface area contributed by atoms with Crippen LogP contribution in [0.1, 0.15) is 42.9 Å². The molecular weight excluding hydrogens is 534 g/mol. The van der Waals surface area contributed by atoms with E-state index in [0.29, 0.717) is 59.6 Å². The van der Waals surface area contributed by atoms with Crippen molar-refractivity contribution in [2.75, 3.05) is 19.7 Å². The van der Waals surface area contributed by atoms with Gasteiger partial charge in [-0.3, -0.25) is 9.89 Å². The van der Waals surface area contributed by atoms with Crippen molar-refractivity contribution in [3.63, 3.8) is 0 Å². The monoisotopic (exact) mass is 565 g/mol. The van der Waals surface area contributed by atoms with E-state index in [1.165, 1.54) is 6.07 Å². The summed E-state index contributed by atoms with van der Waals surface area (Å²) in [6.45, 7) is 3.53. The average Bonchev–Trinajstić information content (AvgIpc) is 3.34. The standard InChI is InChI=1S/C32H31F4N3O2/c1-2-25(40)10-6-17-37-18-7-19-41-26-14-11-23(12-15-26)30(24-13-16-29-27(20-24)31(33)39-38-29)28(21-32(34,35)36)22-8-4-3-5-9-22/h3-6,8-16,20,37H,2,7,17-19,21H2,1H3,(H,38,39)/b10-6+,30-28+. The van der Waals surface area contributed by atoms with E-state index in [0.717, 1.165) is 6.42 Å². The van der Waals surface area contributed by atoms with Gasteiger partial charge >= 0.3 is 6.18 Å². The number of carbonyl (C=O) groups is 1. The molecule has 5 nitrogen and oxygen atoms in total. The van der Waals surface area contributed by atoms with Gasteiger partial charge in [0, 0.05) is 13.0 Å². The number of alkyl halides is 3. The fraction of sp³-hybridized carbons (Fsp3) is 0.250. The number of H-pyrrole nitrogens is 1. The number of nitrogens with zero attached hydrogens (tertiary/aromatic N) is 1. The van der Waals surface area contributed by atoms with Gasteiger partial charge in [-0.15, -0.1) is 0 Å². The molecule has 1 aromatic heterocycles. The minimum absolute atomic E-state index is 0.0794. The Morgan fingerprint density at radius 1 is 1.00 bits per heavy atom. The third-order valence-corrected chi connectivity index (χ3v) is 6.42. The average molecular weight is 566 g/mol. The van der Waals surface area contributed by atoms with Crippen LogP contribution in [0.5, 0.6) is 5.75 Å². The number of aromatic nitrogens is 2. The summed E-state index contributed by atoms with van der Waals surface area (Å²) in [5, 5.41) is 9.58. The molecule has 0 amide bonds. The topological polar surface area (TPSA) is 67.0 Å². The van der Waals surface area contributed by atoms with Gasteiger partial charge in [-0.1, -0.05) is 61.5 Å². The minimum atomic E-state index is -4.47. The zero-order valence-electron chi connectivity index (χ0n) is 22.6. The lowest BCUT2D eigenvalue weighted by molar-refractivity contribution is -0.123. The van der Waals surface area contributed by atoms with Crippen LogP contribution in [-0.4, -0.2) is 41.9 Å². The quantitative estimate of drug-likeness (QED) is 0.0762. The summed E-state index contributed by atoms with van der Waals surface area (Å²) < 4.78 is 61.8. The number of nitrogens with one attached hydrogen (secondary N) is 2. The summed E-state index contributed by atoms with van der Waals surface area (Å²) in [6, 6.07) is 20.0. The number of hydrogen-bond acceptors (Lipinski definition) is 4. The van der Waals surface area contributed by atoms with Crippen LogP contribution in [0.15, 0.2) is 84.9 Å². The summed E-state index contributed by atoms with van der Waals surface area (Å²) >= 11 is 0. The zero-order chi connectivity index (χ0) is 29.2. The van der Waals surface area contributed by atoms with Crippen LogP contribution in [0.4, 0.5) is 17.6 Å². The number of hydrogen-bond donors (Lipinski definition) is 2. The van der Waals surface area contributed by atoms with Crippen molar-refractivity contribution in [1.82, 2.24) is 15.5 Å². The second kappa shape index (κ2) is 13.9. The number of benzene rings is 3. The molecule has 1 heterocycles. The first kappa shape index (κ1) is 29.7. The van der Waals surface area contributed by atoms with Gasteiger partial charge in [0.2, 0.25) is 5.95 Å². The van der Waals surface area contributed by atoms with Gasteiger partial charge in [0.25, 0.3) is 0 Å². The van der Waals surface area contributed by atoms with E-state index >= 15 is 0 Å². The Morgan fingerprint density at radius 3 is 2.44 bits per heavy atom. The van der Waals surface area contributed by atoms with Gasteiger partial charge < -0.3 is 10.1 Å². The Morgan fingerprint density at radius 2 is 1.73 bits per heavy atom. The van der Waals surface area contributed by atoms with E-state index in [4.69, 9.17) is 4.74 Å². The van der Waals surface area contributed by atoms with Crippen molar-refractivity contribution >= 4 is 27.8 Å². The maximum absolute atomic E-state index is 14.4. The van der Waals surface area contributed by atoms with E-state index in [1.54, 1.807) is 78.9 Å². The summed E-state index contributed by atoms with van der Waals surface area (Å²) in [7, 11) is 0. The number of rotatable bonds is 13. The molecule has 3 aromatic carbocycles. The molecule has 214 valence electrons. The molecule has 0 saturated carbocycles. The first-order valence-electron chi connectivity index (χ1n) is 13.4. The van der Waals surface area contributed by atoms with E-state index < -0.39 is 18.5 Å². The molecule has 0 spiro atoms. The molecule has 0 bridgehead atoms. The van der Waals surface area contributed by atoms with Crippen LogP contribution in [0, 0.1) is 5.95 Å². The third-order valence-electron chi connectivity index (χ3n) is 6.42. The molecule has 2 N–H and O–H groups in total. The number of halogens is 4. The summed E-state index contributed by atoms with van der Waals surface area (Å²) in [4.78, 5) is 11.3. The summed E-state index contributed by atoms with van der Waals surface area (Å²) in [5.74, 6) is 0.0111. The zero-order valence-corrected chi connectivity index (χ0v) is 22.6. The van der Waals surface area contributed by atoms with Gasteiger partial charge in [0.1, 0.15) is 5.75 Å². The molecule has 0 radical (unpaired) electrons. The van der Waals surface area contributed by atoms with Crippen LogP contribution >= 0.6 is 0 Å². The highest BCUT2D eigenvalue weighted by atomic mass is 19.4. The minimum Gasteiger partial charge on any atom is -0.494 e. The van der Waals surface area contributed by atoms with Crippen molar-refractivity contribution < 1.29 is 27.1 Å². The molecule has 0 aliphatic heterocycles. The molecule has 0 fully saturated rings.